The molecule has 0 unspecified atom stereocenters. The van der Waals surface area contributed by atoms with Crippen LogP contribution in [0.25, 0.3) is 44.5 Å². The average Bonchev–Trinajstić information content (AvgIpc) is 3.78. The maximum atomic E-state index is 11.6. The molecule has 2 saturated heterocycles. The van der Waals surface area contributed by atoms with E-state index in [2.05, 4.69) is 21.3 Å². The van der Waals surface area contributed by atoms with Gasteiger partial charge >= 0.3 is 0 Å². The highest BCUT2D eigenvalue weighted by molar-refractivity contribution is 6.39. The monoisotopic (exact) mass is 772 g/mol. The molecule has 2 aromatic heterocycles. The van der Waals surface area contributed by atoms with Crippen molar-refractivity contribution in [2.24, 2.45) is 0 Å². The van der Waals surface area contributed by atoms with Crippen LogP contribution in [0.3, 0.4) is 0 Å². The Morgan fingerprint density at radius 1 is 0.698 bits per heavy atom. The first-order chi connectivity index (χ1) is 25.7. The van der Waals surface area contributed by atoms with Gasteiger partial charge in [-0.15, -0.1) is 0 Å². The van der Waals surface area contributed by atoms with Crippen LogP contribution in [0.15, 0.2) is 66.7 Å². The number of aromatic nitrogens is 2. The zero-order valence-corrected chi connectivity index (χ0v) is 31.6. The molecule has 2 amide bonds. The molecular formula is C40H39Cl3N6O4. The molecule has 7 rings (SSSR count). The molecule has 274 valence electrons. The van der Waals surface area contributed by atoms with Crippen LogP contribution in [0.5, 0.6) is 11.6 Å². The molecule has 0 bridgehead atoms. The molecule has 13 heteroatoms. The molecule has 0 spiro atoms. The van der Waals surface area contributed by atoms with Crippen LogP contribution in [-0.4, -0.2) is 61.2 Å². The number of methoxy groups -OCH3 is 2. The van der Waals surface area contributed by atoms with E-state index in [1.807, 2.05) is 66.7 Å². The largest absolute Gasteiger partial charge is 0.496 e. The lowest BCUT2D eigenvalue weighted by Crippen LogP contribution is -2.35. The first-order valence-corrected chi connectivity index (χ1v) is 18.7. The van der Waals surface area contributed by atoms with Crippen molar-refractivity contribution in [2.75, 3.05) is 27.3 Å². The van der Waals surface area contributed by atoms with E-state index in [-0.39, 0.29) is 23.9 Å². The third-order valence-electron chi connectivity index (χ3n) is 9.72. The summed E-state index contributed by atoms with van der Waals surface area (Å²) in [6.45, 7) is 2.39. The number of carbonyl (C=O) groups excluding carboxylic acids is 2. The van der Waals surface area contributed by atoms with Crippen molar-refractivity contribution in [3.05, 3.63) is 92.9 Å². The molecule has 2 fully saturated rings. The van der Waals surface area contributed by atoms with Gasteiger partial charge in [0.1, 0.15) is 5.75 Å². The highest BCUT2D eigenvalue weighted by Gasteiger charge is 2.23. The number of hydrogen-bond acceptors (Lipinski definition) is 8. The van der Waals surface area contributed by atoms with Crippen LogP contribution in [0.1, 0.15) is 36.8 Å². The van der Waals surface area contributed by atoms with Crippen molar-refractivity contribution in [1.29, 1.82) is 0 Å². The van der Waals surface area contributed by atoms with E-state index < -0.39 is 0 Å². The van der Waals surface area contributed by atoms with Gasteiger partial charge in [-0.1, -0.05) is 77.3 Å². The molecule has 5 aromatic rings. The predicted octanol–water partition coefficient (Wildman–Crippen LogP) is 7.34. The third kappa shape index (κ3) is 7.93. The highest BCUT2D eigenvalue weighted by atomic mass is 35.5. The number of ether oxygens (including phenoxy) is 2. The molecular weight excluding hydrogens is 735 g/mol. The standard InChI is InChI=1S/C40H39Cl3N6O4/c1-52-39-23(19-45-21-25-11-16-35(51)47-25)17-31(41)38-30(39)12-14-32(48-38)28-7-3-5-26(36(28)42)27-6-4-8-29(37(27)43)33-13-9-22(40(49-33)53-2)18-44-20-24-10-15-34(50)46-24/h3-9,12-14,17,24-25,44-45H,10-11,15-16,18-21H2,1-2H3,(H,46,50)(H,47,51)/t24-,25+/m0/s1. The highest BCUT2D eigenvalue weighted by Crippen LogP contribution is 2.43. The molecule has 0 saturated carbocycles. The Kier molecular flexibility index (Phi) is 11.3. The van der Waals surface area contributed by atoms with Crippen LogP contribution in [0.4, 0.5) is 0 Å². The van der Waals surface area contributed by atoms with E-state index in [0.29, 0.717) is 82.6 Å². The van der Waals surface area contributed by atoms with Crippen molar-refractivity contribution in [1.82, 2.24) is 31.2 Å². The van der Waals surface area contributed by atoms with Gasteiger partial charge in [0.05, 0.1) is 46.2 Å². The maximum absolute atomic E-state index is 11.6. The van der Waals surface area contributed by atoms with Crippen molar-refractivity contribution < 1.29 is 19.1 Å². The Hall–Kier alpha value is -4.45. The lowest BCUT2D eigenvalue weighted by Gasteiger charge is -2.17. The fourth-order valence-electron chi connectivity index (χ4n) is 7.04. The van der Waals surface area contributed by atoms with Gasteiger partial charge in [-0.3, -0.25) is 9.59 Å². The SMILES string of the molecule is COc1nc(-c2cccc(-c3cccc(-c4ccc5c(OC)c(CNC[C@H]6CCC(=O)N6)cc(Cl)c5n4)c3Cl)c2Cl)ccc1CNC[C@@H]1CCC(=O)N1. The zero-order chi connectivity index (χ0) is 37.1. The number of nitrogens with zero attached hydrogens (tertiary/aromatic N) is 2. The summed E-state index contributed by atoms with van der Waals surface area (Å²) in [5.74, 6) is 1.36. The summed E-state index contributed by atoms with van der Waals surface area (Å²) in [5, 5.41) is 15.0. The van der Waals surface area contributed by atoms with Gasteiger partial charge in [-0.05, 0) is 37.1 Å². The normalized spacial score (nSPS) is 16.9. The summed E-state index contributed by atoms with van der Waals surface area (Å²) < 4.78 is 11.5. The van der Waals surface area contributed by atoms with Crippen LogP contribution >= 0.6 is 34.8 Å². The van der Waals surface area contributed by atoms with Crippen LogP contribution in [-0.2, 0) is 22.7 Å². The van der Waals surface area contributed by atoms with Gasteiger partial charge in [0.25, 0.3) is 0 Å². The van der Waals surface area contributed by atoms with E-state index in [0.717, 1.165) is 51.6 Å². The number of amides is 2. The second kappa shape index (κ2) is 16.3. The molecule has 2 aliphatic heterocycles. The first kappa shape index (κ1) is 36.9. The molecule has 4 N–H and O–H groups in total. The molecule has 53 heavy (non-hydrogen) atoms. The summed E-state index contributed by atoms with van der Waals surface area (Å²) in [7, 11) is 3.23. The summed E-state index contributed by atoms with van der Waals surface area (Å²) in [5.41, 5.74) is 6.64. The minimum Gasteiger partial charge on any atom is -0.496 e. The summed E-state index contributed by atoms with van der Waals surface area (Å²) in [4.78, 5) is 32.9. The molecule has 0 aliphatic carbocycles. The molecule has 10 nitrogen and oxygen atoms in total. The van der Waals surface area contributed by atoms with Gasteiger partial charge in [-0.2, -0.15) is 0 Å². The van der Waals surface area contributed by atoms with E-state index in [4.69, 9.17) is 54.2 Å². The van der Waals surface area contributed by atoms with Crippen molar-refractivity contribution in [3.63, 3.8) is 0 Å². The van der Waals surface area contributed by atoms with Gasteiger partial charge in [0, 0.05) is 89.9 Å². The molecule has 4 heterocycles. The number of rotatable bonds is 13. The Balaban J connectivity index is 1.13. The fourth-order valence-corrected chi connectivity index (χ4v) is 7.96. The number of hydrogen-bond donors (Lipinski definition) is 4. The quantitative estimate of drug-likeness (QED) is 0.0980. The minimum absolute atomic E-state index is 0.0885. The fraction of sp³-hybridized carbons (Fsp3) is 0.300. The van der Waals surface area contributed by atoms with E-state index in [1.165, 1.54) is 0 Å². The molecule has 3 aromatic carbocycles. The number of fused-ring (bicyclic) bond motifs is 1. The van der Waals surface area contributed by atoms with E-state index in [1.54, 1.807) is 14.2 Å². The molecule has 2 aliphatic rings. The summed E-state index contributed by atoms with van der Waals surface area (Å²) >= 11 is 21.1. The maximum Gasteiger partial charge on any atom is 0.220 e. The Morgan fingerprint density at radius 3 is 1.79 bits per heavy atom. The number of pyridine rings is 2. The number of benzene rings is 3. The third-order valence-corrected chi connectivity index (χ3v) is 10.8. The van der Waals surface area contributed by atoms with E-state index >= 15 is 0 Å². The lowest BCUT2D eigenvalue weighted by molar-refractivity contribution is -0.120. The number of nitrogens with one attached hydrogen (secondary N) is 4. The van der Waals surface area contributed by atoms with Crippen LogP contribution in [0.2, 0.25) is 15.1 Å². The Labute approximate surface area is 322 Å². The van der Waals surface area contributed by atoms with Gasteiger partial charge in [-0.25, -0.2) is 9.97 Å². The number of carbonyl (C=O) groups is 2. The summed E-state index contributed by atoms with van der Waals surface area (Å²) in [6.07, 6.45) is 2.77. The second-order valence-corrected chi connectivity index (χ2v) is 14.4. The topological polar surface area (TPSA) is 126 Å². The smallest absolute Gasteiger partial charge is 0.220 e. The second-order valence-electron chi connectivity index (χ2n) is 13.2. The van der Waals surface area contributed by atoms with E-state index in [9.17, 15) is 9.59 Å². The Bertz CT molecular complexity index is 2200. The van der Waals surface area contributed by atoms with Gasteiger partial charge in [0.15, 0.2) is 0 Å². The lowest BCUT2D eigenvalue weighted by atomic mass is 9.97. The van der Waals surface area contributed by atoms with Crippen molar-refractivity contribution in [3.8, 4) is 45.3 Å². The van der Waals surface area contributed by atoms with Crippen LogP contribution < -0.4 is 30.7 Å². The van der Waals surface area contributed by atoms with Crippen molar-refractivity contribution >= 4 is 57.5 Å². The number of halogens is 3. The average molecular weight is 774 g/mol. The molecule has 0 radical (unpaired) electrons. The first-order valence-electron chi connectivity index (χ1n) is 17.5. The summed E-state index contributed by atoms with van der Waals surface area (Å²) in [6, 6.07) is 21.4. The minimum atomic E-state index is 0.0885. The Morgan fingerprint density at radius 2 is 1.25 bits per heavy atom. The van der Waals surface area contributed by atoms with Crippen molar-refractivity contribution in [2.45, 2.75) is 50.9 Å². The molecule has 2 atom stereocenters. The van der Waals surface area contributed by atoms with Gasteiger partial charge in [0.2, 0.25) is 17.7 Å². The predicted molar refractivity (Wildman–Crippen MR) is 210 cm³/mol. The van der Waals surface area contributed by atoms with Crippen LogP contribution in [0, 0.1) is 0 Å². The zero-order valence-electron chi connectivity index (χ0n) is 29.3. The van der Waals surface area contributed by atoms with Gasteiger partial charge < -0.3 is 30.7 Å².